The molecule has 0 aromatic heterocycles. The van der Waals surface area contributed by atoms with Crippen LogP contribution in [0.5, 0.6) is 5.75 Å². The lowest BCUT2D eigenvalue weighted by molar-refractivity contribution is -0.138. The van der Waals surface area contributed by atoms with Gasteiger partial charge < -0.3 is 20.1 Å². The molecule has 1 aromatic rings. The lowest BCUT2D eigenvalue weighted by atomic mass is 10.1. The Kier molecular flexibility index (Phi) is 5.39. The molecule has 2 unspecified atom stereocenters. The largest absolute Gasteiger partial charge is 0.488 e. The summed E-state index contributed by atoms with van der Waals surface area (Å²) in [5.74, 6) is 0.612. The lowest BCUT2D eigenvalue weighted by Crippen LogP contribution is -2.38. The molecule has 0 bridgehead atoms. The van der Waals surface area contributed by atoms with Crippen LogP contribution in [0.25, 0.3) is 0 Å². The zero-order valence-corrected chi connectivity index (χ0v) is 14.7. The molecule has 5 nitrogen and oxygen atoms in total. The number of rotatable bonds is 4. The Hall–Kier alpha value is -2.12. The van der Waals surface area contributed by atoms with Crippen LogP contribution in [0, 0.1) is 0 Å². The highest BCUT2D eigenvalue weighted by Gasteiger charge is 2.36. The van der Waals surface area contributed by atoms with Gasteiger partial charge in [-0.3, -0.25) is 0 Å². The lowest BCUT2D eigenvalue weighted by Gasteiger charge is -2.20. The first-order chi connectivity index (χ1) is 11.4. The average molecular weight is 360 g/mol. The average Bonchev–Trinajstić information content (AvgIpc) is 2.84. The quantitative estimate of drug-likeness (QED) is 0.856. The molecule has 0 spiro atoms. The van der Waals surface area contributed by atoms with Crippen LogP contribution in [0.15, 0.2) is 18.2 Å². The first kappa shape index (κ1) is 19.2. The van der Waals surface area contributed by atoms with Crippen molar-refractivity contribution in [1.29, 1.82) is 0 Å². The predicted octanol–water partition coefficient (Wildman–Crippen LogP) is 3.88. The van der Waals surface area contributed by atoms with Crippen molar-refractivity contribution < 1.29 is 27.4 Å². The zero-order chi connectivity index (χ0) is 18.8. The summed E-state index contributed by atoms with van der Waals surface area (Å²) in [5.41, 5.74) is 0.600. The molecule has 140 valence electrons. The number of amides is 1. The Balaban J connectivity index is 1.89. The van der Waals surface area contributed by atoms with Crippen LogP contribution in [-0.4, -0.2) is 36.6 Å². The molecule has 0 aliphatic carbocycles. The van der Waals surface area contributed by atoms with E-state index in [9.17, 15) is 18.0 Å². The maximum atomic E-state index is 12.6. The van der Waals surface area contributed by atoms with Gasteiger partial charge in [0.2, 0.25) is 0 Å². The van der Waals surface area contributed by atoms with E-state index in [4.69, 9.17) is 9.47 Å². The Morgan fingerprint density at radius 2 is 2.04 bits per heavy atom. The number of ether oxygens (including phenoxy) is 2. The summed E-state index contributed by atoms with van der Waals surface area (Å²) >= 11 is 0. The van der Waals surface area contributed by atoms with Crippen LogP contribution in [0.4, 0.5) is 23.7 Å². The molecule has 1 aliphatic rings. The van der Waals surface area contributed by atoms with E-state index in [1.807, 2.05) is 0 Å². The minimum atomic E-state index is -4.31. The SMILES string of the molecule is CC(Nc1ccc2c(c1)CC(CNC(=O)OC(C)(C)C)O2)C(F)(F)F. The highest BCUT2D eigenvalue weighted by Crippen LogP contribution is 2.32. The van der Waals surface area contributed by atoms with Crippen LogP contribution in [0.2, 0.25) is 0 Å². The minimum Gasteiger partial charge on any atom is -0.488 e. The summed E-state index contributed by atoms with van der Waals surface area (Å²) in [6, 6.07) is 3.18. The van der Waals surface area contributed by atoms with Crippen molar-refractivity contribution in [2.45, 2.75) is 58.0 Å². The van der Waals surface area contributed by atoms with Crippen molar-refractivity contribution in [3.8, 4) is 5.75 Å². The summed E-state index contributed by atoms with van der Waals surface area (Å²) in [6.45, 7) is 6.63. The number of nitrogens with one attached hydrogen (secondary N) is 2. The topological polar surface area (TPSA) is 59.6 Å². The fourth-order valence-corrected chi connectivity index (χ4v) is 2.37. The second-order valence-electron chi connectivity index (χ2n) is 7.06. The van der Waals surface area contributed by atoms with Gasteiger partial charge in [-0.15, -0.1) is 0 Å². The molecular formula is C17H23F3N2O3. The van der Waals surface area contributed by atoms with Crippen molar-refractivity contribution in [1.82, 2.24) is 5.32 Å². The molecule has 1 heterocycles. The highest BCUT2D eigenvalue weighted by atomic mass is 19.4. The van der Waals surface area contributed by atoms with E-state index < -0.39 is 23.9 Å². The summed E-state index contributed by atoms with van der Waals surface area (Å²) < 4.78 is 48.7. The van der Waals surface area contributed by atoms with Crippen molar-refractivity contribution in [3.63, 3.8) is 0 Å². The van der Waals surface area contributed by atoms with Gasteiger partial charge in [0.1, 0.15) is 23.5 Å². The number of hydrogen-bond donors (Lipinski definition) is 2. The number of hydrogen-bond acceptors (Lipinski definition) is 4. The fourth-order valence-electron chi connectivity index (χ4n) is 2.37. The van der Waals surface area contributed by atoms with Gasteiger partial charge in [0.25, 0.3) is 0 Å². The van der Waals surface area contributed by atoms with Crippen molar-refractivity contribution in [2.75, 3.05) is 11.9 Å². The number of carbonyl (C=O) groups is 1. The summed E-state index contributed by atoms with van der Waals surface area (Å²) in [5, 5.41) is 5.06. The third-order valence-electron chi connectivity index (χ3n) is 3.55. The standard InChI is InChI=1S/C17H23F3N2O3/c1-10(17(18,19)20)22-12-5-6-14-11(7-12)8-13(24-14)9-21-15(23)25-16(2,3)4/h5-7,10,13,22H,8-9H2,1-4H3,(H,21,23). The number of carbonyl (C=O) groups excluding carboxylic acids is 1. The monoisotopic (exact) mass is 360 g/mol. The molecule has 1 aliphatic heterocycles. The van der Waals surface area contributed by atoms with Gasteiger partial charge in [-0.05, 0) is 51.5 Å². The Bertz CT molecular complexity index is 627. The van der Waals surface area contributed by atoms with E-state index in [-0.39, 0.29) is 12.6 Å². The van der Waals surface area contributed by atoms with Crippen LogP contribution < -0.4 is 15.4 Å². The van der Waals surface area contributed by atoms with Gasteiger partial charge >= 0.3 is 12.3 Å². The maximum Gasteiger partial charge on any atom is 0.408 e. The number of fused-ring (bicyclic) bond motifs is 1. The first-order valence-electron chi connectivity index (χ1n) is 8.04. The van der Waals surface area contributed by atoms with Crippen LogP contribution in [0.3, 0.4) is 0 Å². The minimum absolute atomic E-state index is 0.255. The van der Waals surface area contributed by atoms with E-state index in [0.717, 1.165) is 12.5 Å². The van der Waals surface area contributed by atoms with E-state index in [0.29, 0.717) is 17.9 Å². The zero-order valence-electron chi connectivity index (χ0n) is 14.7. The molecule has 8 heteroatoms. The second-order valence-corrected chi connectivity index (χ2v) is 7.06. The van der Waals surface area contributed by atoms with Gasteiger partial charge in [-0.1, -0.05) is 0 Å². The normalized spacial score (nSPS) is 18.1. The number of benzene rings is 1. The molecule has 2 rings (SSSR count). The molecule has 25 heavy (non-hydrogen) atoms. The van der Waals surface area contributed by atoms with E-state index in [2.05, 4.69) is 10.6 Å². The van der Waals surface area contributed by atoms with Gasteiger partial charge in [-0.2, -0.15) is 13.2 Å². The molecule has 0 saturated heterocycles. The molecule has 2 N–H and O–H groups in total. The fraction of sp³-hybridized carbons (Fsp3) is 0.588. The summed E-state index contributed by atoms with van der Waals surface area (Å²) in [4.78, 5) is 11.7. The second kappa shape index (κ2) is 7.01. The summed E-state index contributed by atoms with van der Waals surface area (Å²) in [6.07, 6.45) is -4.62. The molecule has 0 saturated carbocycles. The van der Waals surface area contributed by atoms with Gasteiger partial charge in [-0.25, -0.2) is 4.79 Å². The van der Waals surface area contributed by atoms with Gasteiger partial charge in [0.05, 0.1) is 6.54 Å². The van der Waals surface area contributed by atoms with Crippen molar-refractivity contribution >= 4 is 11.8 Å². The van der Waals surface area contributed by atoms with E-state index in [1.54, 1.807) is 39.0 Å². The number of halogens is 3. The van der Waals surface area contributed by atoms with Crippen LogP contribution in [-0.2, 0) is 11.2 Å². The number of alkyl halides is 3. The summed E-state index contributed by atoms with van der Waals surface area (Å²) in [7, 11) is 0. The third-order valence-corrected chi connectivity index (χ3v) is 3.55. The Labute approximate surface area is 144 Å². The first-order valence-corrected chi connectivity index (χ1v) is 8.04. The van der Waals surface area contributed by atoms with Crippen molar-refractivity contribution in [3.05, 3.63) is 23.8 Å². The third kappa shape index (κ3) is 5.72. The van der Waals surface area contributed by atoms with Gasteiger partial charge in [0, 0.05) is 12.1 Å². The number of alkyl carbamates (subject to hydrolysis) is 1. The number of anilines is 1. The Morgan fingerprint density at radius 1 is 1.36 bits per heavy atom. The highest BCUT2D eigenvalue weighted by molar-refractivity contribution is 5.67. The van der Waals surface area contributed by atoms with Crippen molar-refractivity contribution in [2.24, 2.45) is 0 Å². The molecule has 0 radical (unpaired) electrons. The van der Waals surface area contributed by atoms with Crippen LogP contribution >= 0.6 is 0 Å². The maximum absolute atomic E-state index is 12.6. The van der Waals surface area contributed by atoms with E-state index in [1.165, 1.54) is 0 Å². The smallest absolute Gasteiger partial charge is 0.408 e. The molecular weight excluding hydrogens is 337 g/mol. The molecule has 2 atom stereocenters. The predicted molar refractivity (Wildman–Crippen MR) is 87.9 cm³/mol. The van der Waals surface area contributed by atoms with E-state index >= 15 is 0 Å². The molecule has 1 aromatic carbocycles. The van der Waals surface area contributed by atoms with Gasteiger partial charge in [0.15, 0.2) is 0 Å². The molecule has 0 fully saturated rings. The molecule has 1 amide bonds. The van der Waals surface area contributed by atoms with Crippen LogP contribution in [0.1, 0.15) is 33.3 Å². The Morgan fingerprint density at radius 3 is 2.64 bits per heavy atom.